The fourth-order valence-corrected chi connectivity index (χ4v) is 2.55. The summed E-state index contributed by atoms with van der Waals surface area (Å²) in [6, 6.07) is 4.61. The van der Waals surface area contributed by atoms with Crippen molar-refractivity contribution in [1.29, 1.82) is 0 Å². The van der Waals surface area contributed by atoms with Gasteiger partial charge in [-0.2, -0.15) is 0 Å². The Morgan fingerprint density at radius 3 is 2.30 bits per heavy atom. The molecule has 0 fully saturated rings. The maximum absolute atomic E-state index is 10.7. The molecule has 0 saturated heterocycles. The lowest BCUT2D eigenvalue weighted by molar-refractivity contribution is -0.383. The minimum Gasteiger partial charge on any atom is -0.393 e. The first-order valence-electron chi connectivity index (χ1n) is 5.92. The number of hydrogen-bond acceptors (Lipinski definition) is 6. The lowest BCUT2D eigenvalue weighted by Crippen LogP contribution is -1.98. The molecule has 20 heavy (non-hydrogen) atoms. The van der Waals surface area contributed by atoms with Gasteiger partial charge in [0.05, 0.1) is 4.92 Å². The molecule has 0 aliphatic rings. The Bertz CT molecular complexity index is 665. The highest BCUT2D eigenvalue weighted by Gasteiger charge is 2.13. The molecule has 0 spiro atoms. The van der Waals surface area contributed by atoms with Crippen molar-refractivity contribution < 1.29 is 4.92 Å². The predicted octanol–water partition coefficient (Wildman–Crippen LogP) is 3.04. The third-order valence-corrected chi connectivity index (χ3v) is 3.87. The van der Waals surface area contributed by atoms with E-state index in [2.05, 4.69) is 9.97 Å². The van der Waals surface area contributed by atoms with Crippen molar-refractivity contribution in [2.45, 2.75) is 30.8 Å². The molecule has 1 heterocycles. The predicted molar refractivity (Wildman–Crippen MR) is 77.9 cm³/mol. The summed E-state index contributed by atoms with van der Waals surface area (Å²) in [4.78, 5) is 19.8. The van der Waals surface area contributed by atoms with Crippen LogP contribution in [0.2, 0.25) is 0 Å². The first-order chi connectivity index (χ1) is 9.38. The van der Waals surface area contributed by atoms with Gasteiger partial charge >= 0.3 is 0 Å². The van der Waals surface area contributed by atoms with Crippen molar-refractivity contribution in [2.75, 3.05) is 5.73 Å². The van der Waals surface area contributed by atoms with Crippen LogP contribution in [0.5, 0.6) is 0 Å². The number of rotatable bonds is 3. The molecule has 2 aromatic rings. The molecule has 2 N–H and O–H groups in total. The maximum atomic E-state index is 10.7. The van der Waals surface area contributed by atoms with Crippen LogP contribution in [-0.4, -0.2) is 14.9 Å². The number of aryl methyl sites for hydroxylation is 2. The molecule has 1 aromatic heterocycles. The average Bonchev–Trinajstić information content (AvgIpc) is 2.35. The monoisotopic (exact) mass is 290 g/mol. The number of anilines is 1. The Kier molecular flexibility index (Phi) is 3.89. The topological polar surface area (TPSA) is 94.9 Å². The van der Waals surface area contributed by atoms with Crippen molar-refractivity contribution in [3.8, 4) is 0 Å². The summed E-state index contributed by atoms with van der Waals surface area (Å²) in [7, 11) is 0. The van der Waals surface area contributed by atoms with Gasteiger partial charge in [0.15, 0.2) is 5.16 Å². The van der Waals surface area contributed by atoms with Crippen molar-refractivity contribution in [1.82, 2.24) is 9.97 Å². The Morgan fingerprint density at radius 2 is 1.80 bits per heavy atom. The highest BCUT2D eigenvalue weighted by atomic mass is 32.2. The van der Waals surface area contributed by atoms with Gasteiger partial charge in [-0.1, -0.05) is 0 Å². The summed E-state index contributed by atoms with van der Waals surface area (Å²) >= 11 is 1.33. The van der Waals surface area contributed by atoms with Crippen molar-refractivity contribution in [2.24, 2.45) is 0 Å². The molecule has 0 bridgehead atoms. The van der Waals surface area contributed by atoms with Crippen LogP contribution in [0, 0.1) is 30.9 Å². The number of nitrogen functional groups attached to an aromatic ring is 1. The van der Waals surface area contributed by atoms with E-state index in [1.54, 1.807) is 12.1 Å². The summed E-state index contributed by atoms with van der Waals surface area (Å²) in [6.45, 7) is 5.83. The zero-order chi connectivity index (χ0) is 14.9. The van der Waals surface area contributed by atoms with E-state index in [4.69, 9.17) is 5.73 Å². The highest BCUT2D eigenvalue weighted by molar-refractivity contribution is 7.99. The Hall–Kier alpha value is -2.15. The normalized spacial score (nSPS) is 10.6. The van der Waals surface area contributed by atoms with Crippen LogP contribution in [0.25, 0.3) is 0 Å². The standard InChI is InChI=1S/C13H14N4O2S/c1-7-8(2)15-13(16-9(7)3)20-10-4-5-12(17(18)19)11(14)6-10/h4-6H,14H2,1-3H3. The Balaban J connectivity index is 2.31. The minimum atomic E-state index is -0.500. The maximum Gasteiger partial charge on any atom is 0.292 e. The lowest BCUT2D eigenvalue weighted by Gasteiger charge is -2.07. The van der Waals surface area contributed by atoms with E-state index < -0.39 is 4.92 Å². The summed E-state index contributed by atoms with van der Waals surface area (Å²) in [5, 5.41) is 11.3. The quantitative estimate of drug-likeness (QED) is 0.404. The van der Waals surface area contributed by atoms with Gasteiger partial charge in [0.2, 0.25) is 0 Å². The molecule has 0 atom stereocenters. The summed E-state index contributed by atoms with van der Waals surface area (Å²) in [6.07, 6.45) is 0. The van der Waals surface area contributed by atoms with E-state index in [9.17, 15) is 10.1 Å². The molecule has 0 amide bonds. The van der Waals surface area contributed by atoms with Crippen molar-refractivity contribution >= 4 is 23.1 Å². The minimum absolute atomic E-state index is 0.0912. The summed E-state index contributed by atoms with van der Waals surface area (Å²) < 4.78 is 0. The first-order valence-corrected chi connectivity index (χ1v) is 6.73. The largest absolute Gasteiger partial charge is 0.393 e. The van der Waals surface area contributed by atoms with Crippen molar-refractivity contribution in [3.63, 3.8) is 0 Å². The number of nitro benzene ring substituents is 1. The van der Waals surface area contributed by atoms with Crippen LogP contribution in [-0.2, 0) is 0 Å². The van der Waals surface area contributed by atoms with Crippen LogP contribution >= 0.6 is 11.8 Å². The van der Waals surface area contributed by atoms with E-state index in [0.29, 0.717) is 5.16 Å². The van der Waals surface area contributed by atoms with Gasteiger partial charge in [-0.25, -0.2) is 9.97 Å². The van der Waals surface area contributed by atoms with Crippen LogP contribution in [0.3, 0.4) is 0 Å². The van der Waals surface area contributed by atoms with Crippen LogP contribution in [0.4, 0.5) is 11.4 Å². The fourth-order valence-electron chi connectivity index (χ4n) is 1.65. The molecule has 0 aliphatic carbocycles. The first kappa shape index (κ1) is 14.3. The van der Waals surface area contributed by atoms with Gasteiger partial charge in [-0.15, -0.1) is 0 Å². The van der Waals surface area contributed by atoms with Gasteiger partial charge in [0.1, 0.15) is 5.69 Å². The smallest absolute Gasteiger partial charge is 0.292 e. The molecule has 1 aromatic carbocycles. The van der Waals surface area contributed by atoms with E-state index in [0.717, 1.165) is 21.8 Å². The molecule has 0 unspecified atom stereocenters. The second-order valence-corrected chi connectivity index (χ2v) is 5.42. The van der Waals surface area contributed by atoms with Crippen molar-refractivity contribution in [3.05, 3.63) is 45.3 Å². The van der Waals surface area contributed by atoms with E-state index in [1.807, 2.05) is 20.8 Å². The number of nitrogens with two attached hydrogens (primary N) is 1. The fraction of sp³-hybridized carbons (Fsp3) is 0.231. The molecule has 0 radical (unpaired) electrons. The summed E-state index contributed by atoms with van der Waals surface area (Å²) in [5.41, 5.74) is 8.63. The average molecular weight is 290 g/mol. The second-order valence-electron chi connectivity index (χ2n) is 4.38. The summed E-state index contributed by atoms with van der Waals surface area (Å²) in [5.74, 6) is 0. The number of hydrogen-bond donors (Lipinski definition) is 1. The van der Waals surface area contributed by atoms with E-state index in [1.165, 1.54) is 17.8 Å². The Labute approximate surface area is 120 Å². The lowest BCUT2D eigenvalue weighted by atomic mass is 10.2. The zero-order valence-electron chi connectivity index (χ0n) is 11.4. The van der Waals surface area contributed by atoms with Gasteiger partial charge in [-0.05, 0) is 50.2 Å². The third kappa shape index (κ3) is 2.88. The highest BCUT2D eigenvalue weighted by Crippen LogP contribution is 2.31. The van der Waals surface area contributed by atoms with Gasteiger partial charge in [0, 0.05) is 22.3 Å². The SMILES string of the molecule is Cc1nc(Sc2ccc([N+](=O)[O-])c(N)c2)nc(C)c1C. The molecule has 7 heteroatoms. The number of aromatic nitrogens is 2. The zero-order valence-corrected chi connectivity index (χ0v) is 12.2. The second kappa shape index (κ2) is 5.46. The third-order valence-electron chi connectivity index (χ3n) is 3.02. The molecule has 0 saturated carbocycles. The van der Waals surface area contributed by atoms with Crippen LogP contribution < -0.4 is 5.73 Å². The van der Waals surface area contributed by atoms with Crippen LogP contribution in [0.1, 0.15) is 17.0 Å². The number of benzene rings is 1. The van der Waals surface area contributed by atoms with E-state index >= 15 is 0 Å². The molecule has 6 nitrogen and oxygen atoms in total. The van der Waals surface area contributed by atoms with Gasteiger partial charge in [0.25, 0.3) is 5.69 Å². The van der Waals surface area contributed by atoms with Gasteiger partial charge < -0.3 is 5.73 Å². The molecular weight excluding hydrogens is 276 g/mol. The number of nitrogens with zero attached hydrogens (tertiary/aromatic N) is 3. The molecule has 104 valence electrons. The molecule has 2 rings (SSSR count). The van der Waals surface area contributed by atoms with Crippen LogP contribution in [0.15, 0.2) is 28.3 Å². The number of nitro groups is 1. The Morgan fingerprint density at radius 1 is 1.20 bits per heavy atom. The van der Waals surface area contributed by atoms with E-state index in [-0.39, 0.29) is 11.4 Å². The molecular formula is C13H14N4O2S. The van der Waals surface area contributed by atoms with Gasteiger partial charge in [-0.3, -0.25) is 10.1 Å². The molecule has 0 aliphatic heterocycles.